The number of nitrogens with one attached hydrogen (secondary N) is 4. The molecule has 1 aliphatic rings. The number of hydrogen-bond acceptors (Lipinski definition) is 9. The second kappa shape index (κ2) is 10.1. The van der Waals surface area contributed by atoms with E-state index >= 15 is 0 Å². The molecule has 186 valence electrons. The summed E-state index contributed by atoms with van der Waals surface area (Å²) in [6, 6.07) is 13.0. The van der Waals surface area contributed by atoms with Crippen LogP contribution in [-0.2, 0) is 0 Å². The molecule has 1 aliphatic heterocycles. The molecule has 11 heteroatoms. The lowest BCUT2D eigenvalue weighted by atomic mass is 10.1. The monoisotopic (exact) mass is 488 g/mol. The van der Waals surface area contributed by atoms with Crippen LogP contribution in [0.25, 0.3) is 11.2 Å². The van der Waals surface area contributed by atoms with Crippen LogP contribution in [0.1, 0.15) is 23.2 Å². The van der Waals surface area contributed by atoms with Gasteiger partial charge in [-0.05, 0) is 43.2 Å². The Morgan fingerprint density at radius 3 is 2.75 bits per heavy atom. The zero-order valence-corrected chi connectivity index (χ0v) is 20.1. The van der Waals surface area contributed by atoms with Crippen molar-refractivity contribution in [1.82, 2.24) is 25.3 Å². The first-order chi connectivity index (χ1) is 17.5. The van der Waals surface area contributed by atoms with Crippen molar-refractivity contribution in [3.05, 3.63) is 54.4 Å². The SMILES string of the molecule is CNC(=O)c1cccc(Nc2nc(Nc3ccc(N4CCC(O)CC4)cc3OC)nc3nc[nH]c23)c1. The van der Waals surface area contributed by atoms with Crippen molar-refractivity contribution in [3.8, 4) is 5.75 Å². The van der Waals surface area contributed by atoms with Crippen molar-refractivity contribution >= 4 is 45.9 Å². The molecule has 5 rings (SSSR count). The first kappa shape index (κ1) is 23.4. The molecular formula is C25H28N8O3. The van der Waals surface area contributed by atoms with Gasteiger partial charge < -0.3 is 35.7 Å². The molecule has 0 unspecified atom stereocenters. The van der Waals surface area contributed by atoms with Gasteiger partial charge in [0.2, 0.25) is 5.95 Å². The second-order valence-corrected chi connectivity index (χ2v) is 8.51. The fourth-order valence-electron chi connectivity index (χ4n) is 4.22. The van der Waals surface area contributed by atoms with Crippen LogP contribution in [-0.4, -0.2) is 64.3 Å². The molecule has 4 aromatic rings. The molecule has 11 nitrogen and oxygen atoms in total. The number of carbonyl (C=O) groups is 1. The summed E-state index contributed by atoms with van der Waals surface area (Å²) in [5.41, 5.74) is 4.10. The number of imidazole rings is 1. The Morgan fingerprint density at radius 1 is 1.14 bits per heavy atom. The highest BCUT2D eigenvalue weighted by Crippen LogP contribution is 2.33. The van der Waals surface area contributed by atoms with E-state index in [0.29, 0.717) is 45.6 Å². The molecule has 36 heavy (non-hydrogen) atoms. The summed E-state index contributed by atoms with van der Waals surface area (Å²) in [7, 11) is 3.21. The van der Waals surface area contributed by atoms with Crippen molar-refractivity contribution < 1.29 is 14.6 Å². The van der Waals surface area contributed by atoms with E-state index in [1.54, 1.807) is 38.7 Å². The lowest BCUT2D eigenvalue weighted by molar-refractivity contribution is 0.0963. The molecule has 0 atom stereocenters. The smallest absolute Gasteiger partial charge is 0.251 e. The zero-order valence-electron chi connectivity index (χ0n) is 20.1. The molecule has 2 aromatic heterocycles. The molecule has 0 bridgehead atoms. The third-order valence-electron chi connectivity index (χ3n) is 6.16. The van der Waals surface area contributed by atoms with Crippen LogP contribution in [0.4, 0.5) is 28.8 Å². The predicted octanol–water partition coefficient (Wildman–Crippen LogP) is 3.17. The number of nitrogens with zero attached hydrogens (tertiary/aromatic N) is 4. The minimum Gasteiger partial charge on any atom is -0.494 e. The van der Waals surface area contributed by atoms with Crippen LogP contribution < -0.4 is 25.6 Å². The number of methoxy groups -OCH3 is 1. The first-order valence-corrected chi connectivity index (χ1v) is 11.7. The van der Waals surface area contributed by atoms with E-state index < -0.39 is 0 Å². The van der Waals surface area contributed by atoms with E-state index in [1.807, 2.05) is 24.3 Å². The number of benzene rings is 2. The van der Waals surface area contributed by atoms with E-state index in [0.717, 1.165) is 31.6 Å². The highest BCUT2D eigenvalue weighted by molar-refractivity contribution is 5.95. The summed E-state index contributed by atoms with van der Waals surface area (Å²) in [4.78, 5) is 30.8. The summed E-state index contributed by atoms with van der Waals surface area (Å²) in [6.45, 7) is 1.60. The summed E-state index contributed by atoms with van der Waals surface area (Å²) in [6.07, 6.45) is 2.83. The summed E-state index contributed by atoms with van der Waals surface area (Å²) in [5.74, 6) is 1.33. The molecule has 1 saturated heterocycles. The highest BCUT2D eigenvalue weighted by atomic mass is 16.5. The Hall–Kier alpha value is -4.38. The number of hydrogen-bond donors (Lipinski definition) is 5. The van der Waals surface area contributed by atoms with Gasteiger partial charge in [-0.1, -0.05) is 6.07 Å². The van der Waals surface area contributed by atoms with E-state index in [2.05, 4.69) is 40.8 Å². The first-order valence-electron chi connectivity index (χ1n) is 11.7. The Bertz CT molecular complexity index is 1380. The number of piperidine rings is 1. The predicted molar refractivity (Wildman–Crippen MR) is 139 cm³/mol. The summed E-state index contributed by atoms with van der Waals surface area (Å²) in [5, 5.41) is 18.9. The van der Waals surface area contributed by atoms with E-state index in [9.17, 15) is 9.90 Å². The van der Waals surface area contributed by atoms with E-state index in [-0.39, 0.29) is 12.0 Å². The topological polar surface area (TPSA) is 140 Å². The van der Waals surface area contributed by atoms with Gasteiger partial charge in [0.1, 0.15) is 11.3 Å². The molecule has 1 fully saturated rings. The van der Waals surface area contributed by atoms with Crippen molar-refractivity contribution in [3.63, 3.8) is 0 Å². The van der Waals surface area contributed by atoms with Crippen LogP contribution in [0.5, 0.6) is 5.75 Å². The number of amides is 1. The number of fused-ring (bicyclic) bond motifs is 1. The molecule has 1 amide bonds. The van der Waals surface area contributed by atoms with Crippen molar-refractivity contribution in [2.75, 3.05) is 42.8 Å². The van der Waals surface area contributed by atoms with E-state index in [4.69, 9.17) is 4.74 Å². The van der Waals surface area contributed by atoms with Crippen molar-refractivity contribution in [1.29, 1.82) is 0 Å². The van der Waals surface area contributed by atoms with Gasteiger partial charge >= 0.3 is 0 Å². The van der Waals surface area contributed by atoms with Gasteiger partial charge in [-0.25, -0.2) is 4.98 Å². The lowest BCUT2D eigenvalue weighted by Crippen LogP contribution is -2.35. The lowest BCUT2D eigenvalue weighted by Gasteiger charge is -2.31. The Labute approximate surface area is 207 Å². The molecule has 5 N–H and O–H groups in total. The van der Waals surface area contributed by atoms with Gasteiger partial charge in [0.05, 0.1) is 25.2 Å². The fraction of sp³-hybridized carbons (Fsp3) is 0.280. The Balaban J connectivity index is 1.42. The third-order valence-corrected chi connectivity index (χ3v) is 6.16. The average molecular weight is 489 g/mol. The van der Waals surface area contributed by atoms with Crippen LogP contribution in [0.15, 0.2) is 48.8 Å². The minimum atomic E-state index is -0.229. The third kappa shape index (κ3) is 4.86. The van der Waals surface area contributed by atoms with Crippen LogP contribution >= 0.6 is 0 Å². The summed E-state index contributed by atoms with van der Waals surface area (Å²) >= 11 is 0. The minimum absolute atomic E-state index is 0.174. The number of aromatic nitrogens is 4. The average Bonchev–Trinajstić information content (AvgIpc) is 3.38. The Kier molecular flexibility index (Phi) is 6.54. The fourth-order valence-corrected chi connectivity index (χ4v) is 4.22. The van der Waals surface area contributed by atoms with Gasteiger partial charge in [0.25, 0.3) is 5.91 Å². The maximum Gasteiger partial charge on any atom is 0.251 e. The number of anilines is 5. The van der Waals surface area contributed by atoms with Crippen molar-refractivity contribution in [2.24, 2.45) is 0 Å². The standard InChI is InChI=1S/C25H28N8O3/c1-26-24(35)15-4-3-5-16(12-15)29-23-21-22(28-14-27-21)31-25(32-23)30-19-7-6-17(13-20(19)36-2)33-10-8-18(34)9-11-33/h3-7,12-14,18,34H,8-11H2,1-2H3,(H,26,35)(H3,27,28,29,30,31,32). The summed E-state index contributed by atoms with van der Waals surface area (Å²) < 4.78 is 5.65. The number of rotatable bonds is 7. The number of aromatic amines is 1. The molecule has 3 heterocycles. The van der Waals surface area contributed by atoms with Gasteiger partial charge in [0, 0.05) is 43.1 Å². The highest BCUT2D eigenvalue weighted by Gasteiger charge is 2.19. The van der Waals surface area contributed by atoms with Gasteiger partial charge in [-0.3, -0.25) is 4.79 Å². The van der Waals surface area contributed by atoms with Crippen molar-refractivity contribution in [2.45, 2.75) is 18.9 Å². The van der Waals surface area contributed by atoms with Gasteiger partial charge in [0.15, 0.2) is 11.5 Å². The number of aliphatic hydroxyl groups excluding tert-OH is 1. The maximum absolute atomic E-state index is 12.0. The number of ether oxygens (including phenoxy) is 1. The molecule has 0 spiro atoms. The molecule has 0 aliphatic carbocycles. The molecule has 2 aromatic carbocycles. The number of aliphatic hydroxyl groups is 1. The molecule has 0 saturated carbocycles. The van der Waals surface area contributed by atoms with Gasteiger partial charge in [-0.15, -0.1) is 0 Å². The number of carbonyl (C=O) groups excluding carboxylic acids is 1. The maximum atomic E-state index is 12.0. The van der Waals surface area contributed by atoms with Gasteiger partial charge in [-0.2, -0.15) is 9.97 Å². The molecular weight excluding hydrogens is 460 g/mol. The van der Waals surface area contributed by atoms with Crippen LogP contribution in [0.3, 0.4) is 0 Å². The normalized spacial score (nSPS) is 14.0. The van der Waals surface area contributed by atoms with Crippen LogP contribution in [0, 0.1) is 0 Å². The quantitative estimate of drug-likeness (QED) is 0.265. The molecule has 0 radical (unpaired) electrons. The largest absolute Gasteiger partial charge is 0.494 e. The van der Waals surface area contributed by atoms with Crippen LogP contribution in [0.2, 0.25) is 0 Å². The Morgan fingerprint density at radius 2 is 1.97 bits per heavy atom. The second-order valence-electron chi connectivity index (χ2n) is 8.51. The zero-order chi connectivity index (χ0) is 25.1. The van der Waals surface area contributed by atoms with E-state index in [1.165, 1.54) is 0 Å². The number of H-pyrrole nitrogens is 1.